The maximum Gasteiger partial charge on any atom is 0.263 e. The predicted octanol–water partition coefficient (Wildman–Crippen LogP) is 2.43. The van der Waals surface area contributed by atoms with Gasteiger partial charge in [-0.3, -0.25) is 14.4 Å². The Hall–Kier alpha value is -2.93. The van der Waals surface area contributed by atoms with Crippen molar-refractivity contribution < 1.29 is 9.59 Å². The maximum atomic E-state index is 13.3. The quantitative estimate of drug-likeness (QED) is 0.781. The number of piperazine rings is 1. The number of hydrogen-bond acceptors (Lipinski definition) is 4. The van der Waals surface area contributed by atoms with E-state index in [9.17, 15) is 14.4 Å². The monoisotopic (exact) mass is 436 g/mol. The summed E-state index contributed by atoms with van der Waals surface area (Å²) in [6.07, 6.45) is 6.90. The van der Waals surface area contributed by atoms with Crippen molar-refractivity contribution in [3.63, 3.8) is 0 Å². The first-order chi connectivity index (χ1) is 15.5. The van der Waals surface area contributed by atoms with Crippen LogP contribution in [-0.4, -0.2) is 58.9 Å². The van der Waals surface area contributed by atoms with E-state index in [-0.39, 0.29) is 36.0 Å². The van der Waals surface area contributed by atoms with Gasteiger partial charge in [-0.25, -0.2) is 0 Å². The van der Waals surface area contributed by atoms with Crippen LogP contribution in [0.2, 0.25) is 0 Å². The average molecular weight is 437 g/mol. The molecule has 2 heterocycles. The lowest BCUT2D eigenvalue weighted by Crippen LogP contribution is -2.50. The van der Waals surface area contributed by atoms with E-state index >= 15 is 0 Å². The Bertz CT molecular complexity index is 998. The third-order valence-electron chi connectivity index (χ3n) is 6.60. The molecule has 1 aliphatic carbocycles. The number of rotatable bonds is 5. The summed E-state index contributed by atoms with van der Waals surface area (Å²) in [5.41, 5.74) is 0.767. The Labute approximate surface area is 189 Å². The molecule has 1 saturated carbocycles. The van der Waals surface area contributed by atoms with Crippen LogP contribution >= 0.6 is 0 Å². The van der Waals surface area contributed by atoms with Gasteiger partial charge in [-0.1, -0.05) is 49.6 Å². The van der Waals surface area contributed by atoms with Gasteiger partial charge >= 0.3 is 0 Å². The van der Waals surface area contributed by atoms with Gasteiger partial charge in [0.1, 0.15) is 12.1 Å². The van der Waals surface area contributed by atoms with Crippen LogP contribution in [0.5, 0.6) is 0 Å². The van der Waals surface area contributed by atoms with Crippen molar-refractivity contribution in [2.24, 2.45) is 0 Å². The molecular weight excluding hydrogens is 404 g/mol. The van der Waals surface area contributed by atoms with Crippen LogP contribution in [-0.2, 0) is 11.3 Å². The lowest BCUT2D eigenvalue weighted by Gasteiger charge is -2.40. The van der Waals surface area contributed by atoms with E-state index in [0.717, 1.165) is 44.3 Å². The van der Waals surface area contributed by atoms with E-state index in [2.05, 4.69) is 17.3 Å². The molecule has 1 saturated heterocycles. The lowest BCUT2D eigenvalue weighted by atomic mass is 9.95. The molecule has 2 fully saturated rings. The highest BCUT2D eigenvalue weighted by Gasteiger charge is 2.30. The fourth-order valence-corrected chi connectivity index (χ4v) is 4.76. The van der Waals surface area contributed by atoms with Crippen LogP contribution < -0.4 is 10.9 Å². The highest BCUT2D eigenvalue weighted by atomic mass is 16.2. The fraction of sp³-hybridized carbons (Fsp3) is 0.480. The van der Waals surface area contributed by atoms with Crippen LogP contribution in [0.3, 0.4) is 0 Å². The molecule has 2 aromatic rings. The van der Waals surface area contributed by atoms with Crippen molar-refractivity contribution in [3.8, 4) is 0 Å². The van der Waals surface area contributed by atoms with Crippen LogP contribution in [0, 0.1) is 0 Å². The number of pyridine rings is 1. The third-order valence-corrected chi connectivity index (χ3v) is 6.60. The largest absolute Gasteiger partial charge is 0.349 e. The minimum Gasteiger partial charge on any atom is -0.349 e. The SMILES string of the molecule is CN1CCN(C(=O)Cn2cccc(C(=O)NC3CCCCC3)c2=O)[C@H](c2ccccc2)C1. The Morgan fingerprint density at radius 2 is 1.75 bits per heavy atom. The van der Waals surface area contributed by atoms with Gasteiger partial charge in [-0.2, -0.15) is 0 Å². The van der Waals surface area contributed by atoms with Crippen molar-refractivity contribution in [2.45, 2.75) is 50.7 Å². The molecule has 1 aromatic carbocycles. The number of benzene rings is 1. The van der Waals surface area contributed by atoms with E-state index < -0.39 is 5.56 Å². The normalized spacial score (nSPS) is 20.2. The number of carbonyl (C=O) groups is 2. The molecule has 0 spiro atoms. The molecule has 0 radical (unpaired) electrons. The molecule has 0 unspecified atom stereocenters. The Balaban J connectivity index is 1.49. The molecule has 1 atom stereocenters. The minimum absolute atomic E-state index is 0.0593. The molecule has 7 heteroatoms. The van der Waals surface area contributed by atoms with Gasteiger partial charge in [0, 0.05) is 31.9 Å². The summed E-state index contributed by atoms with van der Waals surface area (Å²) < 4.78 is 1.36. The summed E-state index contributed by atoms with van der Waals surface area (Å²) in [5, 5.41) is 3.00. The second kappa shape index (κ2) is 10.1. The van der Waals surface area contributed by atoms with Gasteiger partial charge in [0.25, 0.3) is 11.5 Å². The highest BCUT2D eigenvalue weighted by Crippen LogP contribution is 2.25. The van der Waals surface area contributed by atoms with E-state index in [1.165, 1.54) is 11.0 Å². The zero-order valence-corrected chi connectivity index (χ0v) is 18.7. The van der Waals surface area contributed by atoms with E-state index in [1.54, 1.807) is 18.3 Å². The first kappa shape index (κ1) is 22.3. The number of aromatic nitrogens is 1. The van der Waals surface area contributed by atoms with Crippen LogP contribution in [0.25, 0.3) is 0 Å². The standard InChI is InChI=1S/C25H32N4O3/c1-27-15-16-29(22(17-27)19-9-4-2-5-10-19)23(30)18-28-14-8-13-21(25(28)32)24(31)26-20-11-6-3-7-12-20/h2,4-5,8-10,13-14,20,22H,3,6-7,11-12,15-18H2,1H3,(H,26,31)/t22-/m0/s1. The van der Waals surface area contributed by atoms with Crippen LogP contribution in [0.4, 0.5) is 0 Å². The second-order valence-corrected chi connectivity index (χ2v) is 8.94. The van der Waals surface area contributed by atoms with Crippen molar-refractivity contribution in [1.29, 1.82) is 0 Å². The molecule has 170 valence electrons. The molecule has 2 aliphatic rings. The summed E-state index contributed by atoms with van der Waals surface area (Å²) in [5.74, 6) is -0.454. The molecule has 1 N–H and O–H groups in total. The van der Waals surface area contributed by atoms with E-state index in [0.29, 0.717) is 6.54 Å². The maximum absolute atomic E-state index is 13.3. The van der Waals surface area contributed by atoms with Crippen LogP contribution in [0.1, 0.15) is 54.1 Å². The topological polar surface area (TPSA) is 74.7 Å². The number of amides is 2. The molecule has 1 aliphatic heterocycles. The fourth-order valence-electron chi connectivity index (χ4n) is 4.76. The zero-order valence-electron chi connectivity index (χ0n) is 18.7. The molecular formula is C25H32N4O3. The summed E-state index contributed by atoms with van der Waals surface area (Å²) >= 11 is 0. The predicted molar refractivity (Wildman–Crippen MR) is 123 cm³/mol. The molecule has 4 rings (SSSR count). The Morgan fingerprint density at radius 1 is 1.00 bits per heavy atom. The molecule has 32 heavy (non-hydrogen) atoms. The van der Waals surface area contributed by atoms with Crippen molar-refractivity contribution in [3.05, 3.63) is 70.1 Å². The van der Waals surface area contributed by atoms with Crippen molar-refractivity contribution in [1.82, 2.24) is 19.7 Å². The number of carbonyl (C=O) groups excluding carboxylic acids is 2. The summed E-state index contributed by atoms with van der Waals surface area (Å²) in [4.78, 5) is 43.0. The molecule has 0 bridgehead atoms. The lowest BCUT2D eigenvalue weighted by molar-refractivity contribution is -0.136. The van der Waals surface area contributed by atoms with Crippen molar-refractivity contribution >= 4 is 11.8 Å². The van der Waals surface area contributed by atoms with Gasteiger partial charge in [0.2, 0.25) is 5.91 Å². The zero-order chi connectivity index (χ0) is 22.5. The van der Waals surface area contributed by atoms with Crippen molar-refractivity contribution in [2.75, 3.05) is 26.7 Å². The summed E-state index contributed by atoms with van der Waals surface area (Å²) in [7, 11) is 2.05. The first-order valence-corrected chi connectivity index (χ1v) is 11.6. The molecule has 2 amide bonds. The Kier molecular flexibility index (Phi) is 7.05. The van der Waals surface area contributed by atoms with Gasteiger partial charge in [0.15, 0.2) is 0 Å². The summed E-state index contributed by atoms with van der Waals surface area (Å²) in [6.45, 7) is 2.06. The molecule has 7 nitrogen and oxygen atoms in total. The average Bonchev–Trinajstić information content (AvgIpc) is 2.81. The van der Waals surface area contributed by atoms with Gasteiger partial charge < -0.3 is 19.7 Å². The van der Waals surface area contributed by atoms with Gasteiger partial charge in [-0.15, -0.1) is 0 Å². The number of nitrogens with one attached hydrogen (secondary N) is 1. The van der Waals surface area contributed by atoms with Gasteiger partial charge in [-0.05, 0) is 37.6 Å². The number of likely N-dealkylation sites (N-methyl/N-ethyl adjacent to an activating group) is 1. The van der Waals surface area contributed by atoms with Crippen LogP contribution in [0.15, 0.2) is 53.5 Å². The second-order valence-electron chi connectivity index (χ2n) is 8.94. The first-order valence-electron chi connectivity index (χ1n) is 11.6. The molecule has 1 aromatic heterocycles. The third kappa shape index (κ3) is 5.10. The minimum atomic E-state index is -0.417. The smallest absolute Gasteiger partial charge is 0.263 e. The Morgan fingerprint density at radius 3 is 2.50 bits per heavy atom. The highest BCUT2D eigenvalue weighted by molar-refractivity contribution is 5.94. The van der Waals surface area contributed by atoms with E-state index in [4.69, 9.17) is 0 Å². The summed E-state index contributed by atoms with van der Waals surface area (Å²) in [6, 6.07) is 13.3. The number of hydrogen-bond donors (Lipinski definition) is 1. The van der Waals surface area contributed by atoms with Gasteiger partial charge in [0.05, 0.1) is 6.04 Å². The van der Waals surface area contributed by atoms with E-state index in [1.807, 2.05) is 35.2 Å². The number of nitrogens with zero attached hydrogens (tertiary/aromatic N) is 3.